The van der Waals surface area contributed by atoms with E-state index in [1.165, 1.54) is 25.3 Å². The Hall–Kier alpha value is -0.970. The first-order chi connectivity index (χ1) is 9.87. The summed E-state index contributed by atoms with van der Waals surface area (Å²) in [4.78, 5) is 4.54. The van der Waals surface area contributed by atoms with Gasteiger partial charge in [-0.25, -0.2) is 4.39 Å². The molecule has 4 heteroatoms. The molecule has 1 aromatic rings. The standard InChI is InChI=1S/C17H28FN3/c1-13(19)16(14-8-5-6-9-15(14)18)21(4)12-17(20(2)3)10-7-11-17/h5-6,8-9,13,16H,7,10-12,19H2,1-4H3. The fraction of sp³-hybridized carbons (Fsp3) is 0.647. The van der Waals surface area contributed by atoms with Gasteiger partial charge in [-0.3, -0.25) is 4.90 Å². The number of likely N-dealkylation sites (N-methyl/N-ethyl adjacent to an activating group) is 2. The lowest BCUT2D eigenvalue weighted by atomic mass is 9.75. The van der Waals surface area contributed by atoms with Crippen LogP contribution >= 0.6 is 0 Å². The average Bonchev–Trinajstić information content (AvgIpc) is 2.35. The summed E-state index contributed by atoms with van der Waals surface area (Å²) >= 11 is 0. The molecular weight excluding hydrogens is 265 g/mol. The molecule has 0 heterocycles. The lowest BCUT2D eigenvalue weighted by Gasteiger charge is -2.50. The van der Waals surface area contributed by atoms with Crippen LogP contribution in [0, 0.1) is 5.82 Å². The van der Waals surface area contributed by atoms with E-state index < -0.39 is 0 Å². The highest BCUT2D eigenvalue weighted by Gasteiger charge is 2.41. The van der Waals surface area contributed by atoms with Crippen molar-refractivity contribution in [3.05, 3.63) is 35.6 Å². The van der Waals surface area contributed by atoms with Gasteiger partial charge in [-0.05, 0) is 53.4 Å². The van der Waals surface area contributed by atoms with Crippen molar-refractivity contribution in [2.75, 3.05) is 27.7 Å². The largest absolute Gasteiger partial charge is 0.326 e. The zero-order valence-electron chi connectivity index (χ0n) is 13.6. The van der Waals surface area contributed by atoms with Crippen molar-refractivity contribution in [1.29, 1.82) is 0 Å². The molecule has 1 saturated carbocycles. The number of hydrogen-bond acceptors (Lipinski definition) is 3. The molecule has 2 rings (SSSR count). The molecule has 21 heavy (non-hydrogen) atoms. The second-order valence-corrected chi connectivity index (χ2v) is 6.71. The third-order valence-electron chi connectivity index (χ3n) is 4.97. The predicted molar refractivity (Wildman–Crippen MR) is 85.7 cm³/mol. The molecule has 0 spiro atoms. The van der Waals surface area contributed by atoms with Gasteiger partial charge >= 0.3 is 0 Å². The van der Waals surface area contributed by atoms with Crippen molar-refractivity contribution in [1.82, 2.24) is 9.80 Å². The molecule has 1 aliphatic rings. The highest BCUT2D eigenvalue weighted by molar-refractivity contribution is 5.23. The quantitative estimate of drug-likeness (QED) is 0.875. The fourth-order valence-electron chi connectivity index (χ4n) is 3.53. The van der Waals surface area contributed by atoms with Crippen molar-refractivity contribution >= 4 is 0 Å². The molecule has 1 fully saturated rings. The van der Waals surface area contributed by atoms with Gasteiger partial charge in [-0.2, -0.15) is 0 Å². The molecule has 0 aliphatic heterocycles. The molecule has 0 radical (unpaired) electrons. The summed E-state index contributed by atoms with van der Waals surface area (Å²) in [5, 5.41) is 0. The van der Waals surface area contributed by atoms with E-state index in [4.69, 9.17) is 5.73 Å². The summed E-state index contributed by atoms with van der Waals surface area (Å²) in [7, 11) is 6.33. The Balaban J connectivity index is 2.21. The van der Waals surface area contributed by atoms with Crippen LogP contribution in [0.2, 0.25) is 0 Å². The smallest absolute Gasteiger partial charge is 0.128 e. The Morgan fingerprint density at radius 1 is 1.24 bits per heavy atom. The molecule has 1 aromatic carbocycles. The molecule has 3 nitrogen and oxygen atoms in total. The normalized spacial score (nSPS) is 20.4. The molecule has 0 saturated heterocycles. The lowest BCUT2D eigenvalue weighted by molar-refractivity contribution is 0.0126. The van der Waals surface area contributed by atoms with Gasteiger partial charge in [0.1, 0.15) is 5.82 Å². The molecular formula is C17H28FN3. The molecule has 2 N–H and O–H groups in total. The summed E-state index contributed by atoms with van der Waals surface area (Å²) in [5.41, 5.74) is 7.08. The van der Waals surface area contributed by atoms with E-state index in [1.54, 1.807) is 6.07 Å². The number of nitrogens with zero attached hydrogens (tertiary/aromatic N) is 2. The molecule has 0 amide bonds. The predicted octanol–water partition coefficient (Wildman–Crippen LogP) is 2.63. The third-order valence-corrected chi connectivity index (χ3v) is 4.97. The maximum Gasteiger partial charge on any atom is 0.128 e. The van der Waals surface area contributed by atoms with Crippen molar-refractivity contribution in [3.63, 3.8) is 0 Å². The highest BCUT2D eigenvalue weighted by Crippen LogP contribution is 2.38. The first-order valence-corrected chi connectivity index (χ1v) is 7.75. The van der Waals surface area contributed by atoms with E-state index in [2.05, 4.69) is 30.9 Å². The summed E-state index contributed by atoms with van der Waals surface area (Å²) in [6.45, 7) is 2.87. The lowest BCUT2D eigenvalue weighted by Crippen LogP contribution is -2.58. The highest BCUT2D eigenvalue weighted by atomic mass is 19.1. The summed E-state index contributed by atoms with van der Waals surface area (Å²) < 4.78 is 14.2. The summed E-state index contributed by atoms with van der Waals surface area (Å²) in [6, 6.07) is 6.76. The van der Waals surface area contributed by atoms with Gasteiger partial charge in [0, 0.05) is 23.7 Å². The van der Waals surface area contributed by atoms with Crippen molar-refractivity contribution in [3.8, 4) is 0 Å². The average molecular weight is 293 g/mol. The van der Waals surface area contributed by atoms with Gasteiger partial charge in [-0.15, -0.1) is 0 Å². The van der Waals surface area contributed by atoms with Crippen LogP contribution < -0.4 is 5.73 Å². The van der Waals surface area contributed by atoms with Gasteiger partial charge in [-0.1, -0.05) is 18.2 Å². The van der Waals surface area contributed by atoms with Gasteiger partial charge in [0.05, 0.1) is 6.04 Å². The number of rotatable bonds is 6. The summed E-state index contributed by atoms with van der Waals surface area (Å²) in [5.74, 6) is -0.167. The van der Waals surface area contributed by atoms with Crippen molar-refractivity contribution in [2.24, 2.45) is 5.73 Å². The Morgan fingerprint density at radius 3 is 2.29 bits per heavy atom. The SMILES string of the molecule is CC(N)C(c1ccccc1F)N(C)CC1(N(C)C)CCC1. The van der Waals surface area contributed by atoms with Crippen LogP contribution in [0.15, 0.2) is 24.3 Å². The Morgan fingerprint density at radius 2 is 1.86 bits per heavy atom. The van der Waals surface area contributed by atoms with Gasteiger partial charge < -0.3 is 10.6 Å². The maximum atomic E-state index is 14.2. The third kappa shape index (κ3) is 3.28. The molecule has 0 bridgehead atoms. The molecule has 118 valence electrons. The van der Waals surface area contributed by atoms with Crippen LogP contribution in [0.1, 0.15) is 37.8 Å². The van der Waals surface area contributed by atoms with Crippen LogP contribution in [0.25, 0.3) is 0 Å². The first kappa shape index (κ1) is 16.4. The minimum Gasteiger partial charge on any atom is -0.326 e. The Kier molecular flexibility index (Phi) is 5.02. The summed E-state index contributed by atoms with van der Waals surface area (Å²) in [6.07, 6.45) is 3.68. The molecule has 2 unspecified atom stereocenters. The van der Waals surface area contributed by atoms with Gasteiger partial charge in [0.25, 0.3) is 0 Å². The van der Waals surface area contributed by atoms with Crippen LogP contribution in [-0.2, 0) is 0 Å². The fourth-order valence-corrected chi connectivity index (χ4v) is 3.53. The second-order valence-electron chi connectivity index (χ2n) is 6.71. The maximum absolute atomic E-state index is 14.2. The number of hydrogen-bond donors (Lipinski definition) is 1. The van der Waals surface area contributed by atoms with E-state index in [0.717, 1.165) is 6.54 Å². The van der Waals surface area contributed by atoms with Gasteiger partial charge in [0.2, 0.25) is 0 Å². The Labute approximate surface area is 127 Å². The van der Waals surface area contributed by atoms with E-state index >= 15 is 0 Å². The topological polar surface area (TPSA) is 32.5 Å². The van der Waals surface area contributed by atoms with E-state index in [0.29, 0.717) is 5.56 Å². The minimum absolute atomic E-state index is 0.0939. The zero-order valence-corrected chi connectivity index (χ0v) is 13.6. The Bertz CT molecular complexity index is 469. The van der Waals surface area contributed by atoms with E-state index in [1.807, 2.05) is 19.1 Å². The van der Waals surface area contributed by atoms with Crippen LogP contribution in [0.4, 0.5) is 4.39 Å². The van der Waals surface area contributed by atoms with Crippen molar-refractivity contribution in [2.45, 2.75) is 43.8 Å². The van der Waals surface area contributed by atoms with Crippen LogP contribution in [0.3, 0.4) is 0 Å². The van der Waals surface area contributed by atoms with E-state index in [9.17, 15) is 4.39 Å². The minimum atomic E-state index is -0.167. The van der Waals surface area contributed by atoms with Gasteiger partial charge in [0.15, 0.2) is 0 Å². The van der Waals surface area contributed by atoms with Crippen LogP contribution in [-0.4, -0.2) is 49.1 Å². The number of benzene rings is 1. The first-order valence-electron chi connectivity index (χ1n) is 7.75. The second kappa shape index (κ2) is 6.42. The van der Waals surface area contributed by atoms with Crippen LogP contribution in [0.5, 0.6) is 0 Å². The molecule has 2 atom stereocenters. The molecule has 1 aliphatic carbocycles. The van der Waals surface area contributed by atoms with Crippen molar-refractivity contribution < 1.29 is 4.39 Å². The number of halogens is 1. The number of nitrogens with two attached hydrogens (primary N) is 1. The van der Waals surface area contributed by atoms with E-state index in [-0.39, 0.29) is 23.4 Å². The molecule has 0 aromatic heterocycles. The zero-order chi connectivity index (χ0) is 15.6. The monoisotopic (exact) mass is 293 g/mol.